The van der Waals surface area contributed by atoms with E-state index in [-0.39, 0.29) is 24.5 Å². The van der Waals surface area contributed by atoms with Crippen LogP contribution in [-0.4, -0.2) is 46.7 Å². The molecule has 0 bridgehead atoms. The molecular weight excluding hydrogens is 332 g/mol. The molecule has 0 aliphatic heterocycles. The zero-order chi connectivity index (χ0) is 19.1. The number of carboxylic acid groups (broad SMARTS) is 1. The lowest BCUT2D eigenvalue weighted by Gasteiger charge is -2.19. The number of fused-ring (bicyclic) bond motifs is 1. The molecule has 2 aliphatic carbocycles. The first-order valence-electron chi connectivity index (χ1n) is 9.33. The second-order valence-electron chi connectivity index (χ2n) is 7.47. The Kier molecular flexibility index (Phi) is 7.89. The first kappa shape index (κ1) is 20.7. The van der Waals surface area contributed by atoms with Gasteiger partial charge in [-0.05, 0) is 43.9 Å². The van der Waals surface area contributed by atoms with Gasteiger partial charge in [0.25, 0.3) is 0 Å². The van der Waals surface area contributed by atoms with Gasteiger partial charge in [-0.2, -0.15) is 0 Å². The van der Waals surface area contributed by atoms with Crippen LogP contribution in [0, 0.1) is 35.5 Å². The van der Waals surface area contributed by atoms with E-state index in [1.807, 2.05) is 25.2 Å². The Morgan fingerprint density at radius 1 is 1.42 bits per heavy atom. The van der Waals surface area contributed by atoms with Crippen LogP contribution in [0.3, 0.4) is 0 Å². The van der Waals surface area contributed by atoms with Crippen LogP contribution < -0.4 is 0 Å². The van der Waals surface area contributed by atoms with Crippen LogP contribution in [0.1, 0.15) is 39.5 Å². The van der Waals surface area contributed by atoms with E-state index in [1.165, 1.54) is 5.57 Å². The molecular formula is C21H30O5. The van der Waals surface area contributed by atoms with Gasteiger partial charge in [0.1, 0.15) is 6.61 Å². The van der Waals surface area contributed by atoms with E-state index in [4.69, 9.17) is 9.84 Å². The summed E-state index contributed by atoms with van der Waals surface area (Å²) >= 11 is 0. The number of allylic oxidation sites excluding steroid dienone is 1. The van der Waals surface area contributed by atoms with E-state index in [1.54, 1.807) is 6.92 Å². The molecule has 144 valence electrons. The monoisotopic (exact) mass is 362 g/mol. The number of aliphatic hydroxyl groups is 2. The molecule has 0 aromatic heterocycles. The highest BCUT2D eigenvalue weighted by atomic mass is 16.5. The van der Waals surface area contributed by atoms with Crippen LogP contribution in [0.5, 0.6) is 0 Å². The second kappa shape index (κ2) is 9.91. The Morgan fingerprint density at radius 3 is 2.88 bits per heavy atom. The van der Waals surface area contributed by atoms with Crippen molar-refractivity contribution in [1.29, 1.82) is 0 Å². The molecule has 2 rings (SSSR count). The van der Waals surface area contributed by atoms with Crippen molar-refractivity contribution >= 4 is 5.97 Å². The van der Waals surface area contributed by atoms with Gasteiger partial charge in [0.05, 0.1) is 18.8 Å². The summed E-state index contributed by atoms with van der Waals surface area (Å²) in [5.74, 6) is 5.83. The van der Waals surface area contributed by atoms with E-state index in [2.05, 4.69) is 11.8 Å². The minimum absolute atomic E-state index is 0.0601. The topological polar surface area (TPSA) is 87.0 Å². The molecule has 5 heteroatoms. The second-order valence-corrected chi connectivity index (χ2v) is 7.47. The number of carboxylic acids is 1. The van der Waals surface area contributed by atoms with E-state index in [9.17, 15) is 15.0 Å². The molecule has 0 radical (unpaired) electrons. The van der Waals surface area contributed by atoms with Crippen molar-refractivity contribution in [3.63, 3.8) is 0 Å². The van der Waals surface area contributed by atoms with Gasteiger partial charge in [0, 0.05) is 12.3 Å². The van der Waals surface area contributed by atoms with Crippen molar-refractivity contribution in [3.8, 4) is 11.8 Å². The molecule has 2 saturated carbocycles. The van der Waals surface area contributed by atoms with Gasteiger partial charge >= 0.3 is 5.97 Å². The van der Waals surface area contributed by atoms with Gasteiger partial charge in [-0.1, -0.05) is 30.7 Å². The van der Waals surface area contributed by atoms with E-state index in [0.29, 0.717) is 24.9 Å². The van der Waals surface area contributed by atoms with Gasteiger partial charge in [-0.25, -0.2) is 4.79 Å². The standard InChI is InChI=1S/C21H30O5/c1-3-4-5-14(2)19(22)7-6-17-18-11-15(8-9-26-13-21(24)25)10-16(18)12-20(17)23/h6-8,14,16-20,22-23H,5,9-13H2,1-2H3,(H,24,25)/b7-6+,15-8+/t14-,16-,17+,18-,19+,20+/m0/s1. The fraction of sp³-hybridized carbons (Fsp3) is 0.667. The van der Waals surface area contributed by atoms with Crippen LogP contribution in [0.25, 0.3) is 0 Å². The summed E-state index contributed by atoms with van der Waals surface area (Å²) in [6.45, 7) is 3.81. The third-order valence-electron chi connectivity index (χ3n) is 5.54. The van der Waals surface area contributed by atoms with E-state index < -0.39 is 12.1 Å². The smallest absolute Gasteiger partial charge is 0.329 e. The van der Waals surface area contributed by atoms with Crippen LogP contribution in [0.15, 0.2) is 23.8 Å². The summed E-state index contributed by atoms with van der Waals surface area (Å²) in [6, 6.07) is 0. The number of hydrogen-bond acceptors (Lipinski definition) is 4. The van der Waals surface area contributed by atoms with Crippen molar-refractivity contribution in [1.82, 2.24) is 0 Å². The highest BCUT2D eigenvalue weighted by Crippen LogP contribution is 2.50. The van der Waals surface area contributed by atoms with Crippen molar-refractivity contribution in [2.24, 2.45) is 23.7 Å². The maximum Gasteiger partial charge on any atom is 0.329 e. The summed E-state index contributed by atoms with van der Waals surface area (Å²) in [6.07, 6.45) is 8.15. The zero-order valence-electron chi connectivity index (χ0n) is 15.6. The molecule has 26 heavy (non-hydrogen) atoms. The molecule has 2 fully saturated rings. The molecule has 0 unspecified atom stereocenters. The average Bonchev–Trinajstić information content (AvgIpc) is 3.10. The Hall–Kier alpha value is -1.61. The molecule has 6 atom stereocenters. The molecule has 0 aromatic rings. The number of aliphatic hydroxyl groups excluding tert-OH is 2. The van der Waals surface area contributed by atoms with E-state index in [0.717, 1.165) is 19.3 Å². The minimum Gasteiger partial charge on any atom is -0.480 e. The van der Waals surface area contributed by atoms with Crippen LogP contribution >= 0.6 is 0 Å². The molecule has 0 heterocycles. The van der Waals surface area contributed by atoms with Gasteiger partial charge in [0.15, 0.2) is 0 Å². The Morgan fingerprint density at radius 2 is 2.19 bits per heavy atom. The predicted octanol–water partition coefficient (Wildman–Crippen LogP) is 2.39. The summed E-state index contributed by atoms with van der Waals surface area (Å²) in [4.78, 5) is 10.5. The summed E-state index contributed by atoms with van der Waals surface area (Å²) in [7, 11) is 0. The summed E-state index contributed by atoms with van der Waals surface area (Å²) in [5.41, 5.74) is 1.28. The molecule has 0 saturated heterocycles. The predicted molar refractivity (Wildman–Crippen MR) is 99.2 cm³/mol. The molecule has 2 aliphatic rings. The van der Waals surface area contributed by atoms with Crippen LogP contribution in [0.4, 0.5) is 0 Å². The Bertz CT molecular complexity index is 597. The molecule has 3 N–H and O–H groups in total. The van der Waals surface area contributed by atoms with Crippen molar-refractivity contribution in [3.05, 3.63) is 23.8 Å². The lowest BCUT2D eigenvalue weighted by Crippen LogP contribution is -2.19. The first-order valence-corrected chi connectivity index (χ1v) is 9.33. The normalized spacial score (nSPS) is 31.6. The van der Waals surface area contributed by atoms with Crippen LogP contribution in [0.2, 0.25) is 0 Å². The van der Waals surface area contributed by atoms with Gasteiger partial charge in [-0.3, -0.25) is 0 Å². The van der Waals surface area contributed by atoms with Crippen molar-refractivity contribution < 1.29 is 24.9 Å². The van der Waals surface area contributed by atoms with Crippen LogP contribution in [-0.2, 0) is 9.53 Å². The fourth-order valence-corrected chi connectivity index (χ4v) is 4.08. The fourth-order valence-electron chi connectivity index (χ4n) is 4.08. The molecule has 0 aromatic carbocycles. The molecule has 5 nitrogen and oxygen atoms in total. The SMILES string of the molecule is CC#CC[C@H](C)[C@H](O)/C=C/[C@@H]1[C@H]2C/C(=C/COCC(=O)O)C[C@H]2C[C@H]1O. The molecule has 0 amide bonds. The highest BCUT2D eigenvalue weighted by Gasteiger charge is 2.45. The third kappa shape index (κ3) is 5.70. The third-order valence-corrected chi connectivity index (χ3v) is 5.54. The maximum absolute atomic E-state index is 10.5. The number of carbonyl (C=O) groups is 1. The first-order chi connectivity index (χ1) is 12.4. The maximum atomic E-state index is 10.5. The lowest BCUT2D eigenvalue weighted by molar-refractivity contribution is -0.141. The number of ether oxygens (including phenoxy) is 1. The quantitative estimate of drug-likeness (QED) is 0.351. The number of aliphatic carboxylic acids is 1. The molecule has 0 spiro atoms. The lowest BCUT2D eigenvalue weighted by atomic mass is 9.89. The Balaban J connectivity index is 1.89. The number of rotatable bonds is 8. The van der Waals surface area contributed by atoms with Crippen molar-refractivity contribution in [2.75, 3.05) is 13.2 Å². The average molecular weight is 362 g/mol. The van der Waals surface area contributed by atoms with Gasteiger partial charge < -0.3 is 20.1 Å². The number of hydrogen-bond donors (Lipinski definition) is 3. The van der Waals surface area contributed by atoms with Gasteiger partial charge in [-0.15, -0.1) is 11.8 Å². The largest absolute Gasteiger partial charge is 0.480 e. The summed E-state index contributed by atoms with van der Waals surface area (Å²) in [5, 5.41) is 29.2. The highest BCUT2D eigenvalue weighted by molar-refractivity contribution is 5.68. The zero-order valence-corrected chi connectivity index (χ0v) is 15.6. The van der Waals surface area contributed by atoms with Crippen molar-refractivity contribution in [2.45, 2.75) is 51.7 Å². The van der Waals surface area contributed by atoms with Gasteiger partial charge in [0.2, 0.25) is 0 Å². The minimum atomic E-state index is -0.960. The van der Waals surface area contributed by atoms with E-state index >= 15 is 0 Å². The Labute approximate surface area is 155 Å². The summed E-state index contributed by atoms with van der Waals surface area (Å²) < 4.78 is 5.08.